The van der Waals surface area contributed by atoms with Gasteiger partial charge in [0.2, 0.25) is 0 Å². The smallest absolute Gasteiger partial charge is 0.0677 e. The highest BCUT2D eigenvalue weighted by molar-refractivity contribution is 6.42. The molecule has 114 valence electrons. The molecule has 0 bridgehead atoms. The molecule has 0 aliphatic heterocycles. The molecule has 3 nitrogen and oxygen atoms in total. The molecule has 0 amide bonds. The number of hydrogen-bond donors (Lipinski definition) is 1. The summed E-state index contributed by atoms with van der Waals surface area (Å²) in [6, 6.07) is 5.70. The molecular formula is C16H21Cl2N3. The van der Waals surface area contributed by atoms with Gasteiger partial charge in [-0.05, 0) is 38.4 Å². The highest BCUT2D eigenvalue weighted by Gasteiger charge is 2.13. The molecule has 5 heteroatoms. The molecule has 1 heterocycles. The van der Waals surface area contributed by atoms with Crippen LogP contribution in [0.25, 0.3) is 0 Å². The van der Waals surface area contributed by atoms with E-state index in [0.717, 1.165) is 30.8 Å². The van der Waals surface area contributed by atoms with Crippen LogP contribution in [0.2, 0.25) is 10.0 Å². The van der Waals surface area contributed by atoms with E-state index < -0.39 is 0 Å². The van der Waals surface area contributed by atoms with Crippen LogP contribution in [0.4, 0.5) is 0 Å². The number of hydrogen-bond acceptors (Lipinski definition) is 2. The van der Waals surface area contributed by atoms with E-state index in [1.54, 1.807) is 6.07 Å². The van der Waals surface area contributed by atoms with Crippen molar-refractivity contribution >= 4 is 23.2 Å². The van der Waals surface area contributed by atoms with E-state index in [0.29, 0.717) is 16.6 Å². The Morgan fingerprint density at radius 3 is 2.71 bits per heavy atom. The lowest BCUT2D eigenvalue weighted by molar-refractivity contribution is 0.650. The van der Waals surface area contributed by atoms with Crippen LogP contribution in [0.15, 0.2) is 18.2 Å². The van der Waals surface area contributed by atoms with Crippen molar-refractivity contribution in [3.63, 3.8) is 0 Å². The Kier molecular flexibility index (Phi) is 5.68. The minimum absolute atomic E-state index is 0.584. The zero-order chi connectivity index (χ0) is 15.4. The predicted molar refractivity (Wildman–Crippen MR) is 89.3 cm³/mol. The quantitative estimate of drug-likeness (QED) is 0.800. The van der Waals surface area contributed by atoms with E-state index >= 15 is 0 Å². The number of rotatable bonds is 6. The molecule has 0 aliphatic rings. The second-order valence-electron chi connectivity index (χ2n) is 5.20. The highest BCUT2D eigenvalue weighted by Crippen LogP contribution is 2.26. The zero-order valence-electron chi connectivity index (χ0n) is 12.7. The van der Waals surface area contributed by atoms with Crippen LogP contribution >= 0.6 is 23.2 Å². The van der Waals surface area contributed by atoms with Crippen molar-refractivity contribution in [2.45, 2.75) is 40.3 Å². The second kappa shape index (κ2) is 7.30. The van der Waals surface area contributed by atoms with Gasteiger partial charge in [-0.2, -0.15) is 5.10 Å². The van der Waals surface area contributed by atoms with Gasteiger partial charge in [-0.25, -0.2) is 0 Å². The Labute approximate surface area is 136 Å². The van der Waals surface area contributed by atoms with E-state index in [-0.39, 0.29) is 0 Å². The average molecular weight is 326 g/mol. The summed E-state index contributed by atoms with van der Waals surface area (Å²) in [6.07, 6.45) is 1.13. The highest BCUT2D eigenvalue weighted by atomic mass is 35.5. The molecule has 0 atom stereocenters. The number of halogens is 2. The molecule has 2 aromatic rings. The second-order valence-corrected chi connectivity index (χ2v) is 5.98. The predicted octanol–water partition coefficient (Wildman–Crippen LogP) is 4.35. The van der Waals surface area contributed by atoms with Crippen LogP contribution in [0.5, 0.6) is 0 Å². The number of aryl methyl sites for hydroxylation is 1. The number of nitrogens with zero attached hydrogens (tertiary/aromatic N) is 2. The first-order valence-electron chi connectivity index (χ1n) is 7.21. The summed E-state index contributed by atoms with van der Waals surface area (Å²) in [5, 5.41) is 9.25. The van der Waals surface area contributed by atoms with Gasteiger partial charge in [0.05, 0.1) is 22.3 Å². The summed E-state index contributed by atoms with van der Waals surface area (Å²) in [5.74, 6) is 0. The van der Waals surface area contributed by atoms with Gasteiger partial charge in [0.25, 0.3) is 0 Å². The van der Waals surface area contributed by atoms with Crippen LogP contribution in [-0.4, -0.2) is 16.3 Å². The maximum absolute atomic E-state index is 6.26. The fourth-order valence-corrected chi connectivity index (χ4v) is 2.75. The average Bonchev–Trinajstić information content (AvgIpc) is 2.71. The van der Waals surface area contributed by atoms with Crippen LogP contribution in [0.1, 0.15) is 35.9 Å². The van der Waals surface area contributed by atoms with Crippen molar-refractivity contribution in [1.29, 1.82) is 0 Å². The van der Waals surface area contributed by atoms with E-state index in [1.807, 2.05) is 23.7 Å². The summed E-state index contributed by atoms with van der Waals surface area (Å²) in [5.41, 5.74) is 4.49. The van der Waals surface area contributed by atoms with Gasteiger partial charge in [-0.15, -0.1) is 0 Å². The molecule has 1 aromatic heterocycles. The van der Waals surface area contributed by atoms with Gasteiger partial charge >= 0.3 is 0 Å². The normalized spacial score (nSPS) is 11.1. The molecule has 0 spiro atoms. The molecule has 0 aliphatic carbocycles. The number of nitrogens with one attached hydrogen (secondary N) is 1. The zero-order valence-corrected chi connectivity index (χ0v) is 14.2. The summed E-state index contributed by atoms with van der Waals surface area (Å²) in [4.78, 5) is 0. The summed E-state index contributed by atoms with van der Waals surface area (Å²) in [7, 11) is 0. The van der Waals surface area contributed by atoms with E-state index in [9.17, 15) is 0 Å². The molecule has 0 radical (unpaired) electrons. The van der Waals surface area contributed by atoms with Crippen molar-refractivity contribution < 1.29 is 0 Å². The first-order chi connectivity index (χ1) is 10.0. The Morgan fingerprint density at radius 2 is 2.00 bits per heavy atom. The van der Waals surface area contributed by atoms with Gasteiger partial charge in [-0.1, -0.05) is 42.3 Å². The lowest BCUT2D eigenvalue weighted by Crippen LogP contribution is -2.15. The van der Waals surface area contributed by atoms with Gasteiger partial charge in [0.15, 0.2) is 0 Å². The first-order valence-corrected chi connectivity index (χ1v) is 7.96. The monoisotopic (exact) mass is 325 g/mol. The molecule has 1 aromatic carbocycles. The maximum atomic E-state index is 6.26. The Morgan fingerprint density at radius 1 is 1.24 bits per heavy atom. The van der Waals surface area contributed by atoms with Gasteiger partial charge in [0, 0.05) is 17.8 Å². The van der Waals surface area contributed by atoms with Crippen molar-refractivity contribution in [1.82, 2.24) is 15.1 Å². The van der Waals surface area contributed by atoms with Crippen molar-refractivity contribution in [2.75, 3.05) is 6.54 Å². The standard InChI is InChI=1S/C16H21Cl2N3/c1-4-8-19-9-14-11(2)20-21(12(14)3)10-13-6-5-7-15(17)16(13)18/h5-7,19H,4,8-10H2,1-3H3. The fraction of sp³-hybridized carbons (Fsp3) is 0.438. The molecule has 0 saturated carbocycles. The SMILES string of the molecule is CCCNCc1c(C)nn(Cc2cccc(Cl)c2Cl)c1C. The molecule has 1 N–H and O–H groups in total. The third-order valence-electron chi connectivity index (χ3n) is 3.61. The minimum atomic E-state index is 0.584. The Balaban J connectivity index is 2.21. The third kappa shape index (κ3) is 3.79. The summed E-state index contributed by atoms with van der Waals surface area (Å²) >= 11 is 12.3. The van der Waals surface area contributed by atoms with Gasteiger partial charge in [-0.3, -0.25) is 4.68 Å². The van der Waals surface area contributed by atoms with Crippen LogP contribution in [-0.2, 0) is 13.1 Å². The largest absolute Gasteiger partial charge is 0.313 e. The maximum Gasteiger partial charge on any atom is 0.0677 e. The molecule has 0 fully saturated rings. The summed E-state index contributed by atoms with van der Waals surface area (Å²) < 4.78 is 2.00. The van der Waals surface area contributed by atoms with E-state index in [1.165, 1.54) is 11.3 Å². The van der Waals surface area contributed by atoms with Crippen LogP contribution in [0.3, 0.4) is 0 Å². The van der Waals surface area contributed by atoms with Crippen LogP contribution < -0.4 is 5.32 Å². The fourth-order valence-electron chi connectivity index (χ4n) is 2.37. The van der Waals surface area contributed by atoms with Gasteiger partial charge < -0.3 is 5.32 Å². The molecule has 21 heavy (non-hydrogen) atoms. The van der Waals surface area contributed by atoms with E-state index in [2.05, 4.69) is 24.3 Å². The topological polar surface area (TPSA) is 29.9 Å². The number of benzene rings is 1. The minimum Gasteiger partial charge on any atom is -0.313 e. The molecule has 2 rings (SSSR count). The lowest BCUT2D eigenvalue weighted by Gasteiger charge is -2.09. The van der Waals surface area contributed by atoms with Crippen molar-refractivity contribution in [3.8, 4) is 0 Å². The lowest BCUT2D eigenvalue weighted by atomic mass is 10.2. The Bertz CT molecular complexity index is 620. The van der Waals surface area contributed by atoms with Crippen LogP contribution in [0, 0.1) is 13.8 Å². The summed E-state index contributed by atoms with van der Waals surface area (Å²) in [6.45, 7) is 8.82. The molecular weight excluding hydrogens is 305 g/mol. The molecule has 0 saturated heterocycles. The first kappa shape index (κ1) is 16.3. The van der Waals surface area contributed by atoms with Crippen molar-refractivity contribution in [3.05, 3.63) is 50.8 Å². The van der Waals surface area contributed by atoms with Crippen molar-refractivity contribution in [2.24, 2.45) is 0 Å². The number of aromatic nitrogens is 2. The van der Waals surface area contributed by atoms with Gasteiger partial charge in [0.1, 0.15) is 0 Å². The molecule has 0 unspecified atom stereocenters. The Hall–Kier alpha value is -1.03. The van der Waals surface area contributed by atoms with E-state index in [4.69, 9.17) is 23.2 Å². The third-order valence-corrected chi connectivity index (χ3v) is 4.47.